The van der Waals surface area contributed by atoms with Crippen molar-refractivity contribution in [2.45, 2.75) is 46.0 Å². The number of rotatable bonds is 3. The number of Topliss-reactive ketones (excluding diaryl/α,β-unsaturated/α-hetero) is 1. The number of ketones is 1. The monoisotopic (exact) mass is 477 g/mol. The second-order valence-corrected chi connectivity index (χ2v) is 10.2. The van der Waals surface area contributed by atoms with Crippen molar-refractivity contribution in [3.05, 3.63) is 88.1 Å². The lowest BCUT2D eigenvalue weighted by Gasteiger charge is -2.42. The molecule has 2 heterocycles. The number of para-hydroxylation sites is 1. The molecule has 0 N–H and O–H groups in total. The number of hydrogen-bond acceptors (Lipinski definition) is 3. The number of hydrogen-bond donors (Lipinski definition) is 0. The van der Waals surface area contributed by atoms with Crippen LogP contribution >= 0.6 is 11.6 Å². The van der Waals surface area contributed by atoms with Gasteiger partial charge in [-0.3, -0.25) is 14.5 Å². The number of benzene rings is 2. The summed E-state index contributed by atoms with van der Waals surface area (Å²) < 4.78 is 15.2. The summed E-state index contributed by atoms with van der Waals surface area (Å²) in [5.74, 6) is -0.994. The first-order valence-corrected chi connectivity index (χ1v) is 11.7. The summed E-state index contributed by atoms with van der Waals surface area (Å²) in [6, 6.07) is 15.3. The van der Waals surface area contributed by atoms with Crippen molar-refractivity contribution in [2.24, 2.45) is 5.41 Å². The number of aromatic nitrogens is 2. The Labute approximate surface area is 202 Å². The van der Waals surface area contributed by atoms with Gasteiger partial charge in [-0.1, -0.05) is 43.6 Å². The molecular weight excluding hydrogens is 453 g/mol. The smallest absolute Gasteiger partial charge is 0.232 e. The Bertz CT molecular complexity index is 1330. The first kappa shape index (κ1) is 22.5. The highest BCUT2D eigenvalue weighted by atomic mass is 35.5. The van der Waals surface area contributed by atoms with Crippen molar-refractivity contribution >= 4 is 29.0 Å². The lowest BCUT2D eigenvalue weighted by Crippen LogP contribution is -2.43. The average Bonchev–Trinajstić information content (AvgIpc) is 3.07. The maximum absolute atomic E-state index is 13.6. The van der Waals surface area contributed by atoms with Gasteiger partial charge >= 0.3 is 0 Å². The van der Waals surface area contributed by atoms with E-state index in [0.717, 1.165) is 5.69 Å². The predicted octanol–water partition coefficient (Wildman–Crippen LogP) is 6.14. The molecule has 1 unspecified atom stereocenters. The number of anilines is 1. The van der Waals surface area contributed by atoms with E-state index in [2.05, 4.69) is 5.10 Å². The summed E-state index contributed by atoms with van der Waals surface area (Å²) in [6.07, 6.45) is 1.03. The molecular formula is C27H25ClFN3O2. The first-order valence-electron chi connectivity index (χ1n) is 11.3. The van der Waals surface area contributed by atoms with Crippen molar-refractivity contribution in [3.63, 3.8) is 0 Å². The normalized spacial score (nSPS) is 20.0. The molecule has 1 aliphatic heterocycles. The highest BCUT2D eigenvalue weighted by Gasteiger charge is 2.45. The minimum absolute atomic E-state index is 0.0128. The van der Waals surface area contributed by atoms with Crippen LogP contribution in [0.5, 0.6) is 0 Å². The molecule has 3 aromatic rings. The molecule has 1 aromatic heterocycles. The summed E-state index contributed by atoms with van der Waals surface area (Å²) >= 11 is 6.85. The van der Waals surface area contributed by atoms with Gasteiger partial charge in [0, 0.05) is 41.3 Å². The van der Waals surface area contributed by atoms with Crippen LogP contribution in [0.25, 0.3) is 5.69 Å². The highest BCUT2D eigenvalue weighted by molar-refractivity contribution is 6.31. The van der Waals surface area contributed by atoms with Crippen LogP contribution in [0, 0.1) is 18.2 Å². The maximum Gasteiger partial charge on any atom is 0.232 e. The number of carbonyl (C=O) groups excluding carboxylic acids is 2. The molecule has 0 radical (unpaired) electrons. The molecule has 2 aliphatic rings. The Morgan fingerprint density at radius 1 is 1.00 bits per heavy atom. The van der Waals surface area contributed by atoms with Crippen molar-refractivity contribution < 1.29 is 14.0 Å². The molecule has 5 rings (SSSR count). The molecule has 1 amide bonds. The third kappa shape index (κ3) is 3.76. The van der Waals surface area contributed by atoms with E-state index < -0.39 is 5.92 Å². The molecule has 2 aromatic carbocycles. The largest absolute Gasteiger partial charge is 0.294 e. The number of amides is 1. The molecule has 0 spiro atoms. The zero-order valence-electron chi connectivity index (χ0n) is 19.3. The van der Waals surface area contributed by atoms with Gasteiger partial charge in [0.25, 0.3) is 0 Å². The SMILES string of the molecule is Cc1nn(-c2ccccc2)c(Cl)c1C1CC(=O)N(c2ccc(F)cc2)C2=C1C(=O)CC(C)(C)C2. The van der Waals surface area contributed by atoms with Gasteiger partial charge in [-0.05, 0) is 55.2 Å². The second-order valence-electron chi connectivity index (χ2n) is 9.80. The fourth-order valence-corrected chi connectivity index (χ4v) is 5.60. The lowest BCUT2D eigenvalue weighted by atomic mass is 9.69. The summed E-state index contributed by atoms with van der Waals surface area (Å²) in [5, 5.41) is 5.05. The topological polar surface area (TPSA) is 55.2 Å². The van der Waals surface area contributed by atoms with Gasteiger partial charge in [0.05, 0.1) is 11.4 Å². The Morgan fingerprint density at radius 2 is 1.68 bits per heavy atom. The van der Waals surface area contributed by atoms with Gasteiger partial charge in [0.2, 0.25) is 5.91 Å². The molecule has 0 bridgehead atoms. The Kier molecular flexibility index (Phi) is 5.44. The van der Waals surface area contributed by atoms with E-state index in [1.807, 2.05) is 51.1 Å². The quantitative estimate of drug-likeness (QED) is 0.455. The molecule has 174 valence electrons. The lowest BCUT2D eigenvalue weighted by molar-refractivity contribution is -0.121. The van der Waals surface area contributed by atoms with Crippen LogP contribution in [-0.2, 0) is 9.59 Å². The Hall–Kier alpha value is -3.25. The van der Waals surface area contributed by atoms with Crippen LogP contribution in [0.3, 0.4) is 0 Å². The van der Waals surface area contributed by atoms with E-state index in [1.165, 1.54) is 12.1 Å². The molecule has 0 fully saturated rings. The van der Waals surface area contributed by atoms with Gasteiger partial charge in [-0.2, -0.15) is 5.10 Å². The zero-order chi connectivity index (χ0) is 24.2. The standard InChI is InChI=1S/C27H25ClFN3O2/c1-16-24(26(28)32(30-16)19-7-5-4-6-8-19)20-13-23(34)31(18-11-9-17(29)10-12-18)21-14-27(2,3)15-22(33)25(20)21/h4-12,20H,13-15H2,1-3H3. The number of nitrogens with zero attached hydrogens (tertiary/aromatic N) is 3. The van der Waals surface area contributed by atoms with E-state index in [9.17, 15) is 14.0 Å². The van der Waals surface area contributed by atoms with E-state index in [0.29, 0.717) is 46.2 Å². The van der Waals surface area contributed by atoms with Crippen LogP contribution in [0.2, 0.25) is 5.15 Å². The minimum Gasteiger partial charge on any atom is -0.294 e. The van der Waals surface area contributed by atoms with Crippen molar-refractivity contribution in [2.75, 3.05) is 4.90 Å². The minimum atomic E-state index is -0.479. The van der Waals surface area contributed by atoms with E-state index in [4.69, 9.17) is 11.6 Å². The number of carbonyl (C=O) groups is 2. The highest BCUT2D eigenvalue weighted by Crippen LogP contribution is 2.49. The first-order chi connectivity index (χ1) is 16.2. The van der Waals surface area contributed by atoms with Crippen LogP contribution in [0.1, 0.15) is 50.3 Å². The second kappa shape index (κ2) is 8.20. The molecule has 34 heavy (non-hydrogen) atoms. The van der Waals surface area contributed by atoms with Gasteiger partial charge in [-0.25, -0.2) is 9.07 Å². The average molecular weight is 478 g/mol. The summed E-state index contributed by atoms with van der Waals surface area (Å²) in [5.41, 5.74) is 3.75. The number of aryl methyl sites for hydroxylation is 1. The maximum atomic E-state index is 13.6. The van der Waals surface area contributed by atoms with Gasteiger partial charge < -0.3 is 0 Å². The Morgan fingerprint density at radius 3 is 2.35 bits per heavy atom. The fourth-order valence-electron chi connectivity index (χ4n) is 5.20. The number of halogens is 2. The molecule has 5 nitrogen and oxygen atoms in total. The Balaban J connectivity index is 1.69. The van der Waals surface area contributed by atoms with Gasteiger partial charge in [0.1, 0.15) is 11.0 Å². The third-order valence-electron chi connectivity index (χ3n) is 6.62. The molecule has 0 saturated heterocycles. The fraction of sp³-hybridized carbons (Fsp3) is 0.296. The van der Waals surface area contributed by atoms with Gasteiger partial charge in [0.15, 0.2) is 5.78 Å². The van der Waals surface area contributed by atoms with Gasteiger partial charge in [-0.15, -0.1) is 0 Å². The van der Waals surface area contributed by atoms with Crippen molar-refractivity contribution in [1.29, 1.82) is 0 Å². The third-order valence-corrected chi connectivity index (χ3v) is 6.99. The zero-order valence-corrected chi connectivity index (χ0v) is 20.1. The van der Waals surface area contributed by atoms with E-state index in [1.54, 1.807) is 21.7 Å². The summed E-state index contributed by atoms with van der Waals surface area (Å²) in [7, 11) is 0. The predicted molar refractivity (Wildman–Crippen MR) is 130 cm³/mol. The van der Waals surface area contributed by atoms with Crippen molar-refractivity contribution in [3.8, 4) is 5.69 Å². The van der Waals surface area contributed by atoms with Crippen LogP contribution in [0.4, 0.5) is 10.1 Å². The summed E-state index contributed by atoms with van der Waals surface area (Å²) in [4.78, 5) is 28.7. The van der Waals surface area contributed by atoms with Crippen LogP contribution < -0.4 is 4.90 Å². The van der Waals surface area contributed by atoms with E-state index in [-0.39, 0.29) is 29.3 Å². The molecule has 0 saturated carbocycles. The van der Waals surface area contributed by atoms with Crippen LogP contribution in [-0.4, -0.2) is 21.5 Å². The van der Waals surface area contributed by atoms with E-state index >= 15 is 0 Å². The summed E-state index contributed by atoms with van der Waals surface area (Å²) in [6.45, 7) is 5.91. The molecule has 1 aliphatic carbocycles. The number of allylic oxidation sites excluding steroid dienone is 2. The molecule has 1 atom stereocenters. The van der Waals surface area contributed by atoms with Crippen molar-refractivity contribution in [1.82, 2.24) is 9.78 Å². The van der Waals surface area contributed by atoms with Crippen LogP contribution in [0.15, 0.2) is 65.9 Å². The molecule has 7 heteroatoms.